The number of benzene rings is 2. The van der Waals surface area contributed by atoms with Crippen molar-refractivity contribution in [2.75, 3.05) is 6.61 Å². The molecule has 4 nitrogen and oxygen atoms in total. The van der Waals surface area contributed by atoms with Gasteiger partial charge in [0.2, 0.25) is 0 Å². The highest BCUT2D eigenvalue weighted by Gasteiger charge is 2.23. The minimum absolute atomic E-state index is 0.274. The quantitative estimate of drug-likeness (QED) is 0.598. The molecule has 0 fully saturated rings. The van der Waals surface area contributed by atoms with Gasteiger partial charge in [-0.05, 0) is 24.1 Å². The lowest BCUT2D eigenvalue weighted by molar-refractivity contribution is -0.146. The van der Waals surface area contributed by atoms with Crippen molar-refractivity contribution in [1.29, 1.82) is 0 Å². The van der Waals surface area contributed by atoms with Crippen molar-refractivity contribution in [3.63, 3.8) is 0 Å². The molecule has 2 aromatic rings. The van der Waals surface area contributed by atoms with Crippen molar-refractivity contribution in [2.24, 2.45) is 0 Å². The Balaban J connectivity index is 2.06. The van der Waals surface area contributed by atoms with E-state index >= 15 is 0 Å². The molecule has 1 amide bonds. The summed E-state index contributed by atoms with van der Waals surface area (Å²) in [5, 5.41) is 2.79. The molecule has 0 aliphatic heterocycles. The first-order valence-electron chi connectivity index (χ1n) is 8.27. The lowest BCUT2D eigenvalue weighted by Crippen LogP contribution is -2.43. The van der Waals surface area contributed by atoms with Gasteiger partial charge < -0.3 is 10.1 Å². The fraction of sp³-hybridized carbons (Fsp3) is 0.300. The average Bonchev–Trinajstić information content (AvgIpc) is 2.63. The Morgan fingerprint density at radius 2 is 1.62 bits per heavy atom. The molecular weight excluding hydrogens is 302 g/mol. The zero-order chi connectivity index (χ0) is 17.2. The highest BCUT2D eigenvalue weighted by atomic mass is 16.5. The first-order chi connectivity index (χ1) is 11.7. The molecule has 0 unspecified atom stereocenters. The largest absolute Gasteiger partial charge is 0.464 e. The molecule has 0 radical (unpaired) electrons. The number of amides is 1. The molecule has 126 valence electrons. The van der Waals surface area contributed by atoms with Gasteiger partial charge in [-0.1, -0.05) is 61.9 Å². The lowest BCUT2D eigenvalue weighted by atomic mass is 10.1. The Labute approximate surface area is 142 Å². The second-order valence-corrected chi connectivity index (χ2v) is 5.60. The zero-order valence-corrected chi connectivity index (χ0v) is 13.9. The Morgan fingerprint density at radius 1 is 1.00 bits per heavy atom. The van der Waals surface area contributed by atoms with Crippen LogP contribution in [0.3, 0.4) is 0 Å². The van der Waals surface area contributed by atoms with Gasteiger partial charge in [0.05, 0.1) is 6.61 Å². The van der Waals surface area contributed by atoms with Crippen LogP contribution in [-0.2, 0) is 16.0 Å². The molecule has 24 heavy (non-hydrogen) atoms. The SMILES string of the molecule is CCCCOC(=O)[C@H](Cc1ccccc1)NC(=O)c1ccccc1. The minimum Gasteiger partial charge on any atom is -0.464 e. The number of carbonyl (C=O) groups is 2. The third-order valence-corrected chi connectivity index (χ3v) is 3.65. The van der Waals surface area contributed by atoms with Gasteiger partial charge in [-0.3, -0.25) is 4.79 Å². The van der Waals surface area contributed by atoms with Crippen LogP contribution in [0.5, 0.6) is 0 Å². The van der Waals surface area contributed by atoms with Gasteiger partial charge in [-0.25, -0.2) is 4.79 Å². The molecule has 2 aromatic carbocycles. The normalized spacial score (nSPS) is 11.5. The van der Waals surface area contributed by atoms with Gasteiger partial charge in [0, 0.05) is 12.0 Å². The topological polar surface area (TPSA) is 55.4 Å². The lowest BCUT2D eigenvalue weighted by Gasteiger charge is -2.18. The van der Waals surface area contributed by atoms with E-state index in [9.17, 15) is 9.59 Å². The third-order valence-electron chi connectivity index (χ3n) is 3.65. The maximum Gasteiger partial charge on any atom is 0.328 e. The van der Waals surface area contributed by atoms with Gasteiger partial charge in [-0.15, -0.1) is 0 Å². The number of unbranched alkanes of at least 4 members (excludes halogenated alkanes) is 1. The smallest absolute Gasteiger partial charge is 0.328 e. The molecule has 0 saturated carbocycles. The maximum atomic E-state index is 12.4. The molecule has 1 atom stereocenters. The van der Waals surface area contributed by atoms with E-state index < -0.39 is 12.0 Å². The summed E-state index contributed by atoms with van der Waals surface area (Å²) in [6, 6.07) is 17.8. The van der Waals surface area contributed by atoms with Crippen molar-refractivity contribution < 1.29 is 14.3 Å². The number of nitrogens with one attached hydrogen (secondary N) is 1. The molecule has 2 rings (SSSR count). The molecule has 0 aromatic heterocycles. The molecule has 0 saturated heterocycles. The van der Waals surface area contributed by atoms with E-state index in [1.807, 2.05) is 43.3 Å². The van der Waals surface area contributed by atoms with Crippen LogP contribution >= 0.6 is 0 Å². The second-order valence-electron chi connectivity index (χ2n) is 5.60. The van der Waals surface area contributed by atoms with Crippen LogP contribution < -0.4 is 5.32 Å². The van der Waals surface area contributed by atoms with Crippen LogP contribution in [0.4, 0.5) is 0 Å². The Hall–Kier alpha value is -2.62. The van der Waals surface area contributed by atoms with E-state index in [0.717, 1.165) is 18.4 Å². The van der Waals surface area contributed by atoms with Crippen molar-refractivity contribution in [2.45, 2.75) is 32.2 Å². The van der Waals surface area contributed by atoms with Crippen LogP contribution in [0.15, 0.2) is 60.7 Å². The fourth-order valence-electron chi connectivity index (χ4n) is 2.29. The van der Waals surface area contributed by atoms with Crippen molar-refractivity contribution in [3.8, 4) is 0 Å². The molecule has 0 spiro atoms. The summed E-state index contributed by atoms with van der Waals surface area (Å²) in [5.41, 5.74) is 1.50. The molecule has 1 N–H and O–H groups in total. The predicted octanol–water partition coefficient (Wildman–Crippen LogP) is 3.37. The minimum atomic E-state index is -0.697. The van der Waals surface area contributed by atoms with Gasteiger partial charge in [-0.2, -0.15) is 0 Å². The molecule has 0 heterocycles. The van der Waals surface area contributed by atoms with E-state index in [-0.39, 0.29) is 5.91 Å². The predicted molar refractivity (Wildman–Crippen MR) is 93.7 cm³/mol. The summed E-state index contributed by atoms with van der Waals surface area (Å²) >= 11 is 0. The maximum absolute atomic E-state index is 12.4. The molecule has 4 heteroatoms. The van der Waals surface area contributed by atoms with E-state index in [2.05, 4.69) is 5.32 Å². The number of carbonyl (C=O) groups excluding carboxylic acids is 2. The van der Waals surface area contributed by atoms with Gasteiger partial charge >= 0.3 is 5.97 Å². The Morgan fingerprint density at radius 3 is 2.25 bits per heavy atom. The average molecular weight is 325 g/mol. The van der Waals surface area contributed by atoms with E-state index in [1.54, 1.807) is 24.3 Å². The summed E-state index contributed by atoms with van der Waals surface area (Å²) in [7, 11) is 0. The number of hydrogen-bond donors (Lipinski definition) is 1. The Bertz CT molecular complexity index is 640. The summed E-state index contributed by atoms with van der Waals surface area (Å²) in [6.45, 7) is 2.41. The first kappa shape index (κ1) is 17.7. The van der Waals surface area contributed by atoms with Crippen LogP contribution in [-0.4, -0.2) is 24.5 Å². The summed E-state index contributed by atoms with van der Waals surface area (Å²) in [4.78, 5) is 24.7. The second kappa shape index (κ2) is 9.50. The molecule has 0 aliphatic carbocycles. The van der Waals surface area contributed by atoms with E-state index in [4.69, 9.17) is 4.74 Å². The fourth-order valence-corrected chi connectivity index (χ4v) is 2.29. The number of esters is 1. The standard InChI is InChI=1S/C20H23NO3/c1-2-3-14-24-20(23)18(15-16-10-6-4-7-11-16)21-19(22)17-12-8-5-9-13-17/h4-13,18H,2-3,14-15H2,1H3,(H,21,22)/t18-/m0/s1. The van der Waals surface area contributed by atoms with Crippen LogP contribution in [0, 0.1) is 0 Å². The molecule has 0 aliphatic rings. The molecule has 0 bridgehead atoms. The van der Waals surface area contributed by atoms with E-state index in [1.165, 1.54) is 0 Å². The number of rotatable bonds is 8. The third kappa shape index (κ3) is 5.54. The molecular formula is C20H23NO3. The van der Waals surface area contributed by atoms with Crippen molar-refractivity contribution in [1.82, 2.24) is 5.32 Å². The Kier molecular flexibility index (Phi) is 7.02. The zero-order valence-electron chi connectivity index (χ0n) is 13.9. The van der Waals surface area contributed by atoms with Crippen molar-refractivity contribution in [3.05, 3.63) is 71.8 Å². The van der Waals surface area contributed by atoms with Gasteiger partial charge in [0.1, 0.15) is 6.04 Å². The van der Waals surface area contributed by atoms with E-state index in [0.29, 0.717) is 18.6 Å². The van der Waals surface area contributed by atoms with Gasteiger partial charge in [0.25, 0.3) is 5.91 Å². The first-order valence-corrected chi connectivity index (χ1v) is 8.27. The van der Waals surface area contributed by atoms with Crippen LogP contribution in [0.25, 0.3) is 0 Å². The van der Waals surface area contributed by atoms with Crippen LogP contribution in [0.2, 0.25) is 0 Å². The highest BCUT2D eigenvalue weighted by Crippen LogP contribution is 2.07. The summed E-state index contributed by atoms with van der Waals surface area (Å²) < 4.78 is 5.30. The highest BCUT2D eigenvalue weighted by molar-refractivity contribution is 5.96. The van der Waals surface area contributed by atoms with Crippen molar-refractivity contribution >= 4 is 11.9 Å². The monoisotopic (exact) mass is 325 g/mol. The number of ether oxygens (including phenoxy) is 1. The van der Waals surface area contributed by atoms with Crippen LogP contribution in [0.1, 0.15) is 35.7 Å². The summed E-state index contributed by atoms with van der Waals surface area (Å²) in [6.07, 6.45) is 2.17. The summed E-state index contributed by atoms with van der Waals surface area (Å²) in [5.74, 6) is -0.666. The number of hydrogen-bond acceptors (Lipinski definition) is 3. The van der Waals surface area contributed by atoms with Gasteiger partial charge in [0.15, 0.2) is 0 Å².